The number of piperidine rings is 1. The van der Waals surface area contributed by atoms with Gasteiger partial charge in [-0.2, -0.15) is 13.2 Å². The first-order valence-corrected chi connectivity index (χ1v) is 13.9. The second-order valence-corrected chi connectivity index (χ2v) is 10.6. The standard InChI is InChI=1S/C27H30F3N5O3S/c1-38-25-16-20(39(2)37)8-9-23(25)32-12-4-5-19-15-21-22(33-18-10-13-34(14-11-18)26(31)36)6-3-7-24(21)35(19)17-27(28,29)30/h3,6-9,15-16,18,32-33H,10-14,17H2,1-2H3,(H2,31,36). The van der Waals surface area contributed by atoms with Crippen LogP contribution >= 0.6 is 0 Å². The average Bonchev–Trinajstić information content (AvgIpc) is 3.23. The van der Waals surface area contributed by atoms with Gasteiger partial charge in [-0.05, 0) is 55.2 Å². The SMILES string of the molecule is COc1cc(S(C)=O)ccc1NCC#Cc1cc2c(NC3CCN(C(N)=O)CC3)cccc2n1CC(F)(F)F. The molecule has 1 unspecified atom stereocenters. The molecule has 3 aromatic rings. The zero-order valence-corrected chi connectivity index (χ0v) is 22.4. The molecule has 1 atom stereocenters. The Morgan fingerprint density at radius 3 is 2.56 bits per heavy atom. The number of hydrogen-bond donors (Lipinski definition) is 3. The molecule has 4 N–H and O–H groups in total. The van der Waals surface area contributed by atoms with Gasteiger partial charge in [0.25, 0.3) is 0 Å². The van der Waals surface area contributed by atoms with E-state index < -0.39 is 29.6 Å². The van der Waals surface area contributed by atoms with E-state index in [4.69, 9.17) is 10.5 Å². The summed E-state index contributed by atoms with van der Waals surface area (Å²) in [4.78, 5) is 13.6. The summed E-state index contributed by atoms with van der Waals surface area (Å²) >= 11 is 0. The highest BCUT2D eigenvalue weighted by Gasteiger charge is 2.30. The van der Waals surface area contributed by atoms with E-state index in [1.165, 1.54) is 11.7 Å². The third kappa shape index (κ3) is 6.97. The molecule has 1 aromatic heterocycles. The van der Waals surface area contributed by atoms with Gasteiger partial charge in [0.2, 0.25) is 0 Å². The minimum absolute atomic E-state index is 0.0578. The minimum Gasteiger partial charge on any atom is -0.495 e. The van der Waals surface area contributed by atoms with Crippen LogP contribution in [0.1, 0.15) is 18.5 Å². The average molecular weight is 562 g/mol. The number of aromatic nitrogens is 1. The zero-order chi connectivity index (χ0) is 28.2. The quantitative estimate of drug-likeness (QED) is 0.372. The van der Waals surface area contributed by atoms with E-state index in [0.29, 0.717) is 58.9 Å². The van der Waals surface area contributed by atoms with E-state index in [1.54, 1.807) is 47.6 Å². The van der Waals surface area contributed by atoms with Gasteiger partial charge in [0, 0.05) is 52.2 Å². The lowest BCUT2D eigenvalue weighted by molar-refractivity contribution is -0.140. The highest BCUT2D eigenvalue weighted by Crippen LogP contribution is 2.31. The minimum atomic E-state index is -4.43. The van der Waals surface area contributed by atoms with Crippen molar-refractivity contribution in [2.24, 2.45) is 5.73 Å². The van der Waals surface area contributed by atoms with Crippen LogP contribution in [0.4, 0.5) is 29.3 Å². The number of carbonyl (C=O) groups excluding carboxylic acids is 1. The number of hydrogen-bond acceptors (Lipinski definition) is 5. The Bertz CT molecular complexity index is 1440. The maximum Gasteiger partial charge on any atom is 0.406 e. The molecular formula is C27H30F3N5O3S. The Balaban J connectivity index is 1.57. The van der Waals surface area contributed by atoms with Crippen LogP contribution in [0.25, 0.3) is 10.9 Å². The smallest absolute Gasteiger partial charge is 0.406 e. The molecule has 2 amide bonds. The largest absolute Gasteiger partial charge is 0.495 e. The molecule has 39 heavy (non-hydrogen) atoms. The van der Waals surface area contributed by atoms with Gasteiger partial charge in [-0.3, -0.25) is 4.21 Å². The summed E-state index contributed by atoms with van der Waals surface area (Å²) in [5.41, 5.74) is 7.37. The fourth-order valence-corrected chi connectivity index (χ4v) is 5.13. The van der Waals surface area contributed by atoms with Crippen LogP contribution in [0, 0.1) is 11.8 Å². The lowest BCUT2D eigenvalue weighted by Crippen LogP contribution is -2.44. The van der Waals surface area contributed by atoms with E-state index in [9.17, 15) is 22.2 Å². The van der Waals surface area contributed by atoms with Gasteiger partial charge in [0.15, 0.2) is 0 Å². The van der Waals surface area contributed by atoms with Crippen LogP contribution in [0.5, 0.6) is 5.75 Å². The number of methoxy groups -OCH3 is 1. The maximum atomic E-state index is 13.5. The molecule has 2 heterocycles. The Morgan fingerprint density at radius 2 is 1.92 bits per heavy atom. The summed E-state index contributed by atoms with van der Waals surface area (Å²) in [5.74, 6) is 6.29. The third-order valence-electron chi connectivity index (χ3n) is 6.54. The number of carbonyl (C=O) groups is 1. The van der Waals surface area contributed by atoms with Crippen molar-refractivity contribution in [3.63, 3.8) is 0 Å². The van der Waals surface area contributed by atoms with E-state index in [2.05, 4.69) is 22.5 Å². The summed E-state index contributed by atoms with van der Waals surface area (Å²) in [7, 11) is 0.332. The summed E-state index contributed by atoms with van der Waals surface area (Å²) in [6.07, 6.45) is -1.50. The molecule has 1 fully saturated rings. The number of primary amides is 1. The summed E-state index contributed by atoms with van der Waals surface area (Å²) in [6.45, 7) is 0.0249. The lowest BCUT2D eigenvalue weighted by Gasteiger charge is -2.31. The first-order valence-electron chi connectivity index (χ1n) is 12.3. The van der Waals surface area contributed by atoms with Crippen molar-refractivity contribution in [1.29, 1.82) is 0 Å². The molecule has 12 heteroatoms. The first-order chi connectivity index (χ1) is 18.6. The second-order valence-electron chi connectivity index (χ2n) is 9.18. The van der Waals surface area contributed by atoms with Crippen molar-refractivity contribution in [2.45, 2.75) is 36.5 Å². The summed E-state index contributed by atoms with van der Waals surface area (Å²) in [6, 6.07) is 11.6. The van der Waals surface area contributed by atoms with Crippen molar-refractivity contribution in [3.8, 4) is 17.6 Å². The number of nitrogens with two attached hydrogens (primary N) is 1. The fraction of sp³-hybridized carbons (Fsp3) is 0.370. The van der Waals surface area contributed by atoms with Crippen molar-refractivity contribution >= 4 is 39.1 Å². The van der Waals surface area contributed by atoms with Crippen LogP contribution in [-0.4, -0.2) is 64.9 Å². The summed E-state index contributed by atoms with van der Waals surface area (Å²) in [5, 5.41) is 7.17. The number of urea groups is 1. The number of rotatable bonds is 7. The first kappa shape index (κ1) is 28.2. The van der Waals surface area contributed by atoms with Crippen LogP contribution in [0.15, 0.2) is 47.4 Å². The van der Waals surface area contributed by atoms with Crippen molar-refractivity contribution in [1.82, 2.24) is 9.47 Å². The number of nitrogens with zero attached hydrogens (tertiary/aromatic N) is 2. The highest BCUT2D eigenvalue weighted by atomic mass is 32.2. The van der Waals surface area contributed by atoms with E-state index in [-0.39, 0.29) is 18.3 Å². The molecule has 0 bridgehead atoms. The lowest BCUT2D eigenvalue weighted by atomic mass is 10.0. The molecule has 4 rings (SSSR count). The van der Waals surface area contributed by atoms with Gasteiger partial charge in [0.05, 0.1) is 30.6 Å². The Hall–Kier alpha value is -3.85. The van der Waals surface area contributed by atoms with Gasteiger partial charge >= 0.3 is 12.2 Å². The molecule has 1 saturated heterocycles. The van der Waals surface area contributed by atoms with Crippen LogP contribution < -0.4 is 21.1 Å². The van der Waals surface area contributed by atoms with Gasteiger partial charge in [0.1, 0.15) is 12.3 Å². The van der Waals surface area contributed by atoms with Crippen LogP contribution in [0.3, 0.4) is 0 Å². The molecule has 1 aliphatic rings. The molecule has 0 radical (unpaired) electrons. The number of halogens is 3. The predicted octanol–water partition coefficient (Wildman–Crippen LogP) is 4.37. The third-order valence-corrected chi connectivity index (χ3v) is 7.46. The van der Waals surface area contributed by atoms with Crippen molar-refractivity contribution in [2.75, 3.05) is 43.6 Å². The summed E-state index contributed by atoms with van der Waals surface area (Å²) < 4.78 is 58.8. The number of fused-ring (bicyclic) bond motifs is 1. The van der Waals surface area contributed by atoms with Gasteiger partial charge in [-0.1, -0.05) is 12.0 Å². The molecule has 0 spiro atoms. The zero-order valence-electron chi connectivity index (χ0n) is 21.6. The molecule has 1 aliphatic heterocycles. The van der Waals surface area contributed by atoms with E-state index in [1.807, 2.05) is 6.07 Å². The highest BCUT2D eigenvalue weighted by molar-refractivity contribution is 7.84. The number of likely N-dealkylation sites (tertiary alicyclic amines) is 1. The molecule has 8 nitrogen and oxygen atoms in total. The number of amides is 2. The molecule has 208 valence electrons. The normalized spacial score (nSPS) is 14.9. The number of alkyl halides is 3. The Morgan fingerprint density at radius 1 is 1.18 bits per heavy atom. The van der Waals surface area contributed by atoms with Gasteiger partial charge in [-0.15, -0.1) is 0 Å². The monoisotopic (exact) mass is 561 g/mol. The molecule has 0 aliphatic carbocycles. The molecule has 2 aromatic carbocycles. The number of benzene rings is 2. The Kier molecular flexibility index (Phi) is 8.60. The van der Waals surface area contributed by atoms with Crippen molar-refractivity contribution in [3.05, 3.63) is 48.2 Å². The number of nitrogens with one attached hydrogen (secondary N) is 2. The number of ether oxygens (including phenoxy) is 1. The van der Waals surface area contributed by atoms with Crippen molar-refractivity contribution < 1.29 is 26.9 Å². The topological polar surface area (TPSA) is 102 Å². The molecule has 0 saturated carbocycles. The molecular weight excluding hydrogens is 531 g/mol. The van der Waals surface area contributed by atoms with Gasteiger partial charge in [-0.25, -0.2) is 4.79 Å². The van der Waals surface area contributed by atoms with E-state index >= 15 is 0 Å². The van der Waals surface area contributed by atoms with Crippen LogP contribution in [-0.2, 0) is 17.3 Å². The predicted molar refractivity (Wildman–Crippen MR) is 146 cm³/mol. The Labute approximate surface area is 227 Å². The fourth-order valence-electron chi connectivity index (χ4n) is 4.60. The maximum absolute atomic E-state index is 13.5. The van der Waals surface area contributed by atoms with Crippen LogP contribution in [0.2, 0.25) is 0 Å². The van der Waals surface area contributed by atoms with Gasteiger partial charge < -0.3 is 30.6 Å². The van der Waals surface area contributed by atoms with E-state index in [0.717, 1.165) is 0 Å². The number of anilines is 2. The second kappa shape index (κ2) is 11.9.